The maximum absolute atomic E-state index is 13.4. The van der Waals surface area contributed by atoms with Crippen LogP contribution in [-0.4, -0.2) is 20.5 Å². The van der Waals surface area contributed by atoms with Crippen LogP contribution < -0.4 is 5.32 Å². The molecule has 0 fully saturated rings. The van der Waals surface area contributed by atoms with E-state index in [1.807, 2.05) is 22.9 Å². The molecule has 29 heavy (non-hydrogen) atoms. The summed E-state index contributed by atoms with van der Waals surface area (Å²) in [6, 6.07) is 18.6. The maximum atomic E-state index is 13.4. The standard InChI is InChI=1S/C24H24N4O/c1-15(2)16-8-10-17(11-9-16)19-12-20-22(21(29)13-19)23(18-6-4-3-5-7-18)28-24(27-20)25-14-26-28/h3-12,14-15,19,22-23H,13H2,1-2H3,(H,25,26,27)/t19-,22-,23-/m1/s1. The number of hydrogen-bond donors (Lipinski definition) is 1. The third kappa shape index (κ3) is 3.07. The number of hydrogen-bond acceptors (Lipinski definition) is 4. The number of aromatic nitrogens is 3. The lowest BCUT2D eigenvalue weighted by atomic mass is 9.75. The van der Waals surface area contributed by atoms with E-state index in [0.717, 1.165) is 11.3 Å². The van der Waals surface area contributed by atoms with E-state index < -0.39 is 0 Å². The van der Waals surface area contributed by atoms with Gasteiger partial charge in [-0.25, -0.2) is 4.68 Å². The van der Waals surface area contributed by atoms with Gasteiger partial charge in [-0.1, -0.05) is 74.5 Å². The van der Waals surface area contributed by atoms with Gasteiger partial charge in [0.25, 0.3) is 0 Å². The molecule has 1 aliphatic carbocycles. The van der Waals surface area contributed by atoms with Crippen LogP contribution >= 0.6 is 0 Å². The van der Waals surface area contributed by atoms with Gasteiger partial charge in [-0.3, -0.25) is 4.79 Å². The summed E-state index contributed by atoms with van der Waals surface area (Å²) in [7, 11) is 0. The van der Waals surface area contributed by atoms with E-state index >= 15 is 0 Å². The molecule has 0 spiro atoms. The fourth-order valence-electron chi connectivity index (χ4n) is 4.50. The Morgan fingerprint density at radius 3 is 2.52 bits per heavy atom. The largest absolute Gasteiger partial charge is 0.328 e. The third-order valence-electron chi connectivity index (χ3n) is 6.06. The Morgan fingerprint density at radius 2 is 1.79 bits per heavy atom. The highest BCUT2D eigenvalue weighted by atomic mass is 16.1. The molecule has 1 N–H and O–H groups in total. The first-order valence-electron chi connectivity index (χ1n) is 10.2. The minimum atomic E-state index is -0.266. The van der Waals surface area contributed by atoms with Crippen molar-refractivity contribution < 1.29 is 4.79 Å². The highest BCUT2D eigenvalue weighted by Crippen LogP contribution is 2.43. The molecule has 2 aliphatic rings. The molecule has 0 bridgehead atoms. The van der Waals surface area contributed by atoms with Crippen molar-refractivity contribution in [3.63, 3.8) is 0 Å². The zero-order chi connectivity index (χ0) is 20.0. The monoisotopic (exact) mass is 384 g/mol. The number of ketones is 1. The van der Waals surface area contributed by atoms with E-state index in [4.69, 9.17) is 0 Å². The summed E-state index contributed by atoms with van der Waals surface area (Å²) in [5, 5.41) is 7.78. The molecule has 5 rings (SSSR count). The number of allylic oxidation sites excluding steroid dienone is 2. The number of carbonyl (C=O) groups is 1. The topological polar surface area (TPSA) is 59.8 Å². The number of benzene rings is 2. The summed E-state index contributed by atoms with van der Waals surface area (Å²) in [5.74, 6) is 1.23. The smallest absolute Gasteiger partial charge is 0.226 e. The molecule has 0 saturated carbocycles. The van der Waals surface area contributed by atoms with Crippen molar-refractivity contribution in [2.45, 2.75) is 38.1 Å². The van der Waals surface area contributed by atoms with Gasteiger partial charge in [-0.05, 0) is 22.6 Å². The first-order valence-corrected chi connectivity index (χ1v) is 10.2. The SMILES string of the molecule is CC(C)c1ccc([C@@H]2C=C3Nc4ncnn4[C@H](c4ccccc4)[C@H]3C(=O)C2)cc1. The van der Waals surface area contributed by atoms with Crippen molar-refractivity contribution in [2.24, 2.45) is 5.92 Å². The zero-order valence-corrected chi connectivity index (χ0v) is 16.6. The molecule has 0 unspecified atom stereocenters. The van der Waals surface area contributed by atoms with Crippen molar-refractivity contribution in [3.8, 4) is 0 Å². The lowest BCUT2D eigenvalue weighted by Crippen LogP contribution is -2.40. The molecule has 5 heteroatoms. The van der Waals surface area contributed by atoms with Gasteiger partial charge >= 0.3 is 0 Å². The normalized spacial score (nSPS) is 23.2. The summed E-state index contributed by atoms with van der Waals surface area (Å²) in [6.07, 6.45) is 4.26. The number of rotatable bonds is 3. The van der Waals surface area contributed by atoms with Crippen LogP contribution in [0.5, 0.6) is 0 Å². The number of Topliss-reactive ketones (excluding diaryl/α,β-unsaturated/α-hetero) is 1. The minimum Gasteiger partial charge on any atom is -0.328 e. The molecule has 146 valence electrons. The summed E-state index contributed by atoms with van der Waals surface area (Å²) in [4.78, 5) is 17.7. The molecule has 0 saturated heterocycles. The molecule has 1 aromatic heterocycles. The molecule has 5 nitrogen and oxygen atoms in total. The molecular formula is C24H24N4O. The average Bonchev–Trinajstić information content (AvgIpc) is 3.21. The Morgan fingerprint density at radius 1 is 1.03 bits per heavy atom. The lowest BCUT2D eigenvalue weighted by Gasteiger charge is -2.38. The highest BCUT2D eigenvalue weighted by Gasteiger charge is 2.43. The van der Waals surface area contributed by atoms with Gasteiger partial charge in [-0.2, -0.15) is 10.1 Å². The summed E-state index contributed by atoms with van der Waals surface area (Å²) < 4.78 is 1.84. The predicted molar refractivity (Wildman–Crippen MR) is 113 cm³/mol. The quantitative estimate of drug-likeness (QED) is 0.713. The second kappa shape index (κ2) is 6.99. The summed E-state index contributed by atoms with van der Waals surface area (Å²) in [5.41, 5.74) is 4.51. The number of anilines is 1. The van der Waals surface area contributed by atoms with Crippen LogP contribution in [0.15, 0.2) is 72.7 Å². The number of fused-ring (bicyclic) bond motifs is 2. The second-order valence-electron chi connectivity index (χ2n) is 8.21. The Labute approximate surface area is 170 Å². The van der Waals surface area contributed by atoms with Crippen LogP contribution in [0.2, 0.25) is 0 Å². The first kappa shape index (κ1) is 17.9. The van der Waals surface area contributed by atoms with Crippen LogP contribution in [-0.2, 0) is 4.79 Å². The van der Waals surface area contributed by atoms with Gasteiger partial charge in [0.2, 0.25) is 5.95 Å². The van der Waals surface area contributed by atoms with Crippen molar-refractivity contribution in [1.29, 1.82) is 0 Å². The summed E-state index contributed by atoms with van der Waals surface area (Å²) in [6.45, 7) is 4.38. The van der Waals surface area contributed by atoms with Gasteiger partial charge in [0.1, 0.15) is 12.1 Å². The zero-order valence-electron chi connectivity index (χ0n) is 16.6. The average molecular weight is 384 g/mol. The van der Waals surface area contributed by atoms with Crippen molar-refractivity contribution in [2.75, 3.05) is 5.32 Å². The van der Waals surface area contributed by atoms with Gasteiger partial charge < -0.3 is 5.32 Å². The van der Waals surface area contributed by atoms with E-state index in [0.29, 0.717) is 18.3 Å². The third-order valence-corrected chi connectivity index (χ3v) is 6.06. The Bertz CT molecular complexity index is 1070. The van der Waals surface area contributed by atoms with Crippen LogP contribution in [0.3, 0.4) is 0 Å². The molecule has 0 radical (unpaired) electrons. The Balaban J connectivity index is 1.55. The molecule has 1 aliphatic heterocycles. The molecule has 0 amide bonds. The molecule has 3 atom stereocenters. The Kier molecular flexibility index (Phi) is 4.31. The molecular weight excluding hydrogens is 360 g/mol. The maximum Gasteiger partial charge on any atom is 0.226 e. The lowest BCUT2D eigenvalue weighted by molar-refractivity contribution is -0.123. The van der Waals surface area contributed by atoms with Gasteiger partial charge in [0.05, 0.1) is 12.0 Å². The van der Waals surface area contributed by atoms with E-state index in [2.05, 4.69) is 71.7 Å². The predicted octanol–water partition coefficient (Wildman–Crippen LogP) is 4.67. The van der Waals surface area contributed by atoms with Gasteiger partial charge in [0.15, 0.2) is 0 Å². The minimum absolute atomic E-state index is 0.0772. The van der Waals surface area contributed by atoms with Crippen molar-refractivity contribution in [3.05, 3.63) is 89.4 Å². The van der Waals surface area contributed by atoms with Crippen LogP contribution in [0.4, 0.5) is 5.95 Å². The van der Waals surface area contributed by atoms with E-state index in [1.165, 1.54) is 11.1 Å². The molecule has 2 heterocycles. The molecule has 3 aromatic rings. The summed E-state index contributed by atoms with van der Waals surface area (Å²) >= 11 is 0. The van der Waals surface area contributed by atoms with Crippen LogP contribution in [0, 0.1) is 5.92 Å². The van der Waals surface area contributed by atoms with Crippen LogP contribution in [0.25, 0.3) is 0 Å². The first-order chi connectivity index (χ1) is 14.1. The number of carbonyl (C=O) groups excluding carboxylic acids is 1. The Hall–Kier alpha value is -3.21. The fourth-order valence-corrected chi connectivity index (χ4v) is 4.50. The number of nitrogens with zero attached hydrogens (tertiary/aromatic N) is 3. The fraction of sp³-hybridized carbons (Fsp3) is 0.292. The second-order valence-corrected chi connectivity index (χ2v) is 8.21. The number of nitrogens with one attached hydrogen (secondary N) is 1. The van der Waals surface area contributed by atoms with Gasteiger partial charge in [0, 0.05) is 18.0 Å². The van der Waals surface area contributed by atoms with Gasteiger partial charge in [-0.15, -0.1) is 0 Å². The van der Waals surface area contributed by atoms with E-state index in [-0.39, 0.29) is 23.7 Å². The van der Waals surface area contributed by atoms with Crippen LogP contribution in [0.1, 0.15) is 54.8 Å². The molecule has 2 aromatic carbocycles. The highest BCUT2D eigenvalue weighted by molar-refractivity contribution is 5.88. The van der Waals surface area contributed by atoms with E-state index in [1.54, 1.807) is 6.33 Å². The van der Waals surface area contributed by atoms with Crippen molar-refractivity contribution in [1.82, 2.24) is 14.8 Å². The van der Waals surface area contributed by atoms with Crippen molar-refractivity contribution >= 4 is 11.7 Å². The van der Waals surface area contributed by atoms with E-state index in [9.17, 15) is 4.79 Å².